The number of ether oxygens (including phenoxy) is 1. The maximum absolute atomic E-state index is 11.5. The minimum atomic E-state index is -0.349. The largest absolute Gasteiger partial charge is 0.497 e. The number of aryl methyl sites for hydroxylation is 1. The molecule has 0 N–H and O–H groups in total. The van der Waals surface area contributed by atoms with Gasteiger partial charge in [0.05, 0.1) is 17.5 Å². The molecule has 4 nitrogen and oxygen atoms in total. The van der Waals surface area contributed by atoms with E-state index in [9.17, 15) is 4.79 Å². The Balaban J connectivity index is 2.00. The van der Waals surface area contributed by atoms with Gasteiger partial charge in [-0.25, -0.2) is 4.79 Å². The number of methoxy groups -OCH3 is 1. The van der Waals surface area contributed by atoms with Gasteiger partial charge >= 0.3 is 5.76 Å². The molecule has 1 heterocycles. The molecular weight excluding hydrogens is 334 g/mol. The molecule has 1 atom stereocenters. The topological polar surface area (TPSA) is 44.4 Å². The lowest BCUT2D eigenvalue weighted by molar-refractivity contribution is 0.414. The second-order valence-electron chi connectivity index (χ2n) is 4.79. The summed E-state index contributed by atoms with van der Waals surface area (Å²) in [5, 5.41) is 0. The van der Waals surface area contributed by atoms with Crippen molar-refractivity contribution < 1.29 is 9.15 Å². The van der Waals surface area contributed by atoms with E-state index in [-0.39, 0.29) is 10.6 Å². The summed E-state index contributed by atoms with van der Waals surface area (Å²) in [6.07, 6.45) is 0. The summed E-state index contributed by atoms with van der Waals surface area (Å²) in [6.45, 7) is 0. The molecule has 3 aromatic rings. The minimum absolute atomic E-state index is 0.0262. The molecule has 0 spiro atoms. The van der Waals surface area contributed by atoms with E-state index in [1.54, 1.807) is 14.2 Å². The smallest absolute Gasteiger partial charge is 0.419 e. The predicted octanol–water partition coefficient (Wildman–Crippen LogP) is 3.62. The number of hydrogen-bond donors (Lipinski definition) is 0. The molecule has 3 rings (SSSR count). The minimum Gasteiger partial charge on any atom is -0.497 e. The van der Waals surface area contributed by atoms with Crippen molar-refractivity contribution in [2.75, 3.05) is 7.11 Å². The van der Waals surface area contributed by atoms with Crippen molar-refractivity contribution in [1.82, 2.24) is 4.57 Å². The number of alkyl halides is 1. The van der Waals surface area contributed by atoms with Crippen LogP contribution in [0.1, 0.15) is 16.0 Å². The molecule has 0 aliphatic rings. The number of aromatic nitrogens is 1. The van der Waals surface area contributed by atoms with E-state index >= 15 is 0 Å². The first kappa shape index (κ1) is 13.9. The van der Waals surface area contributed by atoms with E-state index in [4.69, 9.17) is 9.15 Å². The van der Waals surface area contributed by atoms with Crippen LogP contribution >= 0.6 is 15.9 Å². The third-order valence-electron chi connectivity index (χ3n) is 3.52. The van der Waals surface area contributed by atoms with Gasteiger partial charge in [-0.15, -0.1) is 0 Å². The number of rotatable bonds is 3. The Morgan fingerprint density at radius 3 is 2.48 bits per heavy atom. The van der Waals surface area contributed by atoms with Crippen LogP contribution in [0, 0.1) is 0 Å². The van der Waals surface area contributed by atoms with Crippen LogP contribution in [-0.2, 0) is 7.05 Å². The Labute approximate surface area is 130 Å². The van der Waals surface area contributed by atoms with Crippen molar-refractivity contribution in [3.8, 4) is 5.75 Å². The molecular formula is C16H14BrNO3. The van der Waals surface area contributed by atoms with Crippen LogP contribution in [0.5, 0.6) is 5.75 Å². The molecule has 0 aliphatic carbocycles. The standard InChI is InChI=1S/C16H14BrNO3/c1-18-13-8-5-11(9-14(13)21-16(18)19)15(17)10-3-6-12(20-2)7-4-10/h3-9,15H,1-2H3. The second-order valence-corrected chi connectivity index (χ2v) is 5.71. The monoisotopic (exact) mass is 347 g/mol. The van der Waals surface area contributed by atoms with Gasteiger partial charge in [0, 0.05) is 7.05 Å². The van der Waals surface area contributed by atoms with E-state index in [2.05, 4.69) is 15.9 Å². The van der Waals surface area contributed by atoms with Crippen LogP contribution in [0.4, 0.5) is 0 Å². The molecule has 0 amide bonds. The van der Waals surface area contributed by atoms with Gasteiger partial charge in [0.15, 0.2) is 5.58 Å². The first-order chi connectivity index (χ1) is 10.1. The third-order valence-corrected chi connectivity index (χ3v) is 4.57. The summed E-state index contributed by atoms with van der Waals surface area (Å²) >= 11 is 3.68. The Kier molecular flexibility index (Phi) is 3.59. The summed E-state index contributed by atoms with van der Waals surface area (Å²) in [5.74, 6) is 0.473. The fourth-order valence-electron chi connectivity index (χ4n) is 2.27. The van der Waals surface area contributed by atoms with Crippen molar-refractivity contribution in [1.29, 1.82) is 0 Å². The molecule has 0 aliphatic heterocycles. The van der Waals surface area contributed by atoms with E-state index in [0.29, 0.717) is 5.58 Å². The van der Waals surface area contributed by atoms with E-state index in [1.165, 1.54) is 4.57 Å². The number of benzene rings is 2. The summed E-state index contributed by atoms with van der Waals surface area (Å²) in [5.41, 5.74) is 3.52. The number of hydrogen-bond acceptors (Lipinski definition) is 3. The number of oxazole rings is 1. The number of fused-ring (bicyclic) bond motifs is 1. The van der Waals surface area contributed by atoms with Gasteiger partial charge in [-0.05, 0) is 35.4 Å². The fraction of sp³-hybridized carbons (Fsp3) is 0.188. The summed E-state index contributed by atoms with van der Waals surface area (Å²) in [6, 6.07) is 13.6. The molecule has 0 radical (unpaired) electrons. The molecule has 0 saturated carbocycles. The zero-order valence-corrected chi connectivity index (χ0v) is 13.3. The van der Waals surface area contributed by atoms with Gasteiger partial charge in [-0.3, -0.25) is 4.57 Å². The average molecular weight is 348 g/mol. The van der Waals surface area contributed by atoms with Crippen LogP contribution in [0.3, 0.4) is 0 Å². The zero-order valence-electron chi connectivity index (χ0n) is 11.7. The normalized spacial score (nSPS) is 12.5. The zero-order chi connectivity index (χ0) is 15.0. The van der Waals surface area contributed by atoms with Crippen molar-refractivity contribution in [2.24, 2.45) is 7.05 Å². The molecule has 0 bridgehead atoms. The van der Waals surface area contributed by atoms with Gasteiger partial charge in [-0.2, -0.15) is 0 Å². The number of nitrogens with zero attached hydrogens (tertiary/aromatic N) is 1. The molecule has 2 aromatic carbocycles. The van der Waals surface area contributed by atoms with Gasteiger partial charge < -0.3 is 9.15 Å². The van der Waals surface area contributed by atoms with E-state index in [0.717, 1.165) is 22.4 Å². The van der Waals surface area contributed by atoms with Crippen LogP contribution in [0.15, 0.2) is 51.7 Å². The maximum atomic E-state index is 11.5. The van der Waals surface area contributed by atoms with Crippen LogP contribution in [0.2, 0.25) is 0 Å². The van der Waals surface area contributed by atoms with Crippen LogP contribution < -0.4 is 10.5 Å². The molecule has 21 heavy (non-hydrogen) atoms. The molecule has 108 valence electrons. The fourth-order valence-corrected chi connectivity index (χ4v) is 2.86. The van der Waals surface area contributed by atoms with Gasteiger partial charge in [0.1, 0.15) is 5.75 Å². The summed E-state index contributed by atoms with van der Waals surface area (Å²) in [4.78, 5) is 11.6. The van der Waals surface area contributed by atoms with E-state index < -0.39 is 0 Å². The Bertz CT molecular complexity index is 833. The van der Waals surface area contributed by atoms with Gasteiger partial charge in [0.25, 0.3) is 0 Å². The van der Waals surface area contributed by atoms with Crippen molar-refractivity contribution in [3.05, 3.63) is 64.1 Å². The van der Waals surface area contributed by atoms with Gasteiger partial charge in [-0.1, -0.05) is 34.1 Å². The SMILES string of the molecule is COc1ccc(C(Br)c2ccc3c(c2)oc(=O)n3C)cc1. The molecule has 0 fully saturated rings. The Hall–Kier alpha value is -2.01. The first-order valence-corrected chi connectivity index (χ1v) is 7.39. The molecule has 0 saturated heterocycles. The van der Waals surface area contributed by atoms with Crippen molar-refractivity contribution in [3.63, 3.8) is 0 Å². The first-order valence-electron chi connectivity index (χ1n) is 6.47. The molecule has 1 aromatic heterocycles. The Morgan fingerprint density at radius 2 is 1.81 bits per heavy atom. The van der Waals surface area contributed by atoms with E-state index in [1.807, 2.05) is 42.5 Å². The highest BCUT2D eigenvalue weighted by molar-refractivity contribution is 9.09. The number of halogens is 1. The maximum Gasteiger partial charge on any atom is 0.419 e. The van der Waals surface area contributed by atoms with Gasteiger partial charge in [0.2, 0.25) is 0 Å². The lowest BCUT2D eigenvalue weighted by atomic mass is 10.0. The quantitative estimate of drug-likeness (QED) is 0.679. The summed E-state index contributed by atoms with van der Waals surface area (Å²) in [7, 11) is 3.34. The molecule has 5 heteroatoms. The highest BCUT2D eigenvalue weighted by atomic mass is 79.9. The lowest BCUT2D eigenvalue weighted by Gasteiger charge is -2.11. The van der Waals surface area contributed by atoms with Crippen LogP contribution in [-0.4, -0.2) is 11.7 Å². The molecule has 1 unspecified atom stereocenters. The highest BCUT2D eigenvalue weighted by Gasteiger charge is 2.13. The Morgan fingerprint density at radius 1 is 1.14 bits per heavy atom. The predicted molar refractivity (Wildman–Crippen MR) is 85.2 cm³/mol. The average Bonchev–Trinajstić information content (AvgIpc) is 2.81. The van der Waals surface area contributed by atoms with Crippen LogP contribution in [0.25, 0.3) is 11.1 Å². The third kappa shape index (κ3) is 2.49. The van der Waals surface area contributed by atoms with Crippen molar-refractivity contribution in [2.45, 2.75) is 4.83 Å². The highest BCUT2D eigenvalue weighted by Crippen LogP contribution is 2.33. The second kappa shape index (κ2) is 5.41. The lowest BCUT2D eigenvalue weighted by Crippen LogP contribution is -2.08. The summed E-state index contributed by atoms with van der Waals surface area (Å²) < 4.78 is 11.9. The van der Waals surface area contributed by atoms with Crippen molar-refractivity contribution >= 4 is 27.0 Å².